The Morgan fingerprint density at radius 1 is 0.864 bits per heavy atom. The third kappa shape index (κ3) is 5.98. The molecule has 0 radical (unpaired) electrons. The number of amides is 3. The van der Waals surface area contributed by atoms with Crippen LogP contribution in [0.5, 0.6) is 0 Å². The molecule has 0 saturated carbocycles. The molecular formula is C32H36N4O6S2. The fraction of sp³-hybridized carbons (Fsp3) is 0.406. The molecule has 1 saturated heterocycles. The number of benzene rings is 2. The molecule has 0 bridgehead atoms. The number of sulfonamides is 1. The highest BCUT2D eigenvalue weighted by Gasteiger charge is 2.33. The molecule has 3 aromatic rings. The fourth-order valence-corrected chi connectivity index (χ4v) is 8.79. The van der Waals surface area contributed by atoms with E-state index in [1.165, 1.54) is 39.9 Å². The van der Waals surface area contributed by atoms with Gasteiger partial charge in [0.15, 0.2) is 0 Å². The van der Waals surface area contributed by atoms with Gasteiger partial charge in [0.05, 0.1) is 23.6 Å². The minimum atomic E-state index is -3.74. The molecule has 1 N–H and O–H groups in total. The first-order valence-corrected chi connectivity index (χ1v) is 17.4. The highest BCUT2D eigenvalue weighted by molar-refractivity contribution is 7.89. The number of likely N-dealkylation sites (tertiary alicyclic amines) is 1. The van der Waals surface area contributed by atoms with Crippen molar-refractivity contribution in [1.82, 2.24) is 14.1 Å². The van der Waals surface area contributed by atoms with Gasteiger partial charge in [-0.25, -0.2) is 13.2 Å². The molecule has 12 heteroatoms. The van der Waals surface area contributed by atoms with E-state index in [0.717, 1.165) is 40.8 Å². The van der Waals surface area contributed by atoms with E-state index in [0.29, 0.717) is 62.7 Å². The minimum absolute atomic E-state index is 0.105. The van der Waals surface area contributed by atoms with Crippen molar-refractivity contribution < 1.29 is 27.5 Å². The van der Waals surface area contributed by atoms with Gasteiger partial charge in [0.25, 0.3) is 11.8 Å². The SMILES string of the molecule is CCOC(=O)N1CCc2c(sc(NC(=O)c3ccc(S(=O)(=O)N4CCc5ccccc5C4)cc3)c2C(=O)N2CCCCC2)C1. The summed E-state index contributed by atoms with van der Waals surface area (Å²) >= 11 is 1.31. The van der Waals surface area contributed by atoms with Gasteiger partial charge in [-0.15, -0.1) is 11.3 Å². The van der Waals surface area contributed by atoms with Crippen LogP contribution in [0.2, 0.25) is 0 Å². The third-order valence-electron chi connectivity index (χ3n) is 8.52. The molecule has 3 aliphatic heterocycles. The van der Waals surface area contributed by atoms with Gasteiger partial charge in [0.2, 0.25) is 10.0 Å². The predicted molar refractivity (Wildman–Crippen MR) is 167 cm³/mol. The normalized spacial score (nSPS) is 17.0. The number of carbonyl (C=O) groups is 3. The van der Waals surface area contributed by atoms with E-state index in [9.17, 15) is 22.8 Å². The smallest absolute Gasteiger partial charge is 0.410 e. The van der Waals surface area contributed by atoms with Crippen LogP contribution in [0, 0.1) is 0 Å². The first-order valence-electron chi connectivity index (χ1n) is 15.1. The van der Waals surface area contributed by atoms with Crippen LogP contribution in [0.25, 0.3) is 0 Å². The highest BCUT2D eigenvalue weighted by Crippen LogP contribution is 2.39. The van der Waals surface area contributed by atoms with Crippen molar-refractivity contribution in [2.45, 2.75) is 57.0 Å². The van der Waals surface area contributed by atoms with Crippen LogP contribution >= 0.6 is 11.3 Å². The molecule has 44 heavy (non-hydrogen) atoms. The molecule has 0 spiro atoms. The largest absolute Gasteiger partial charge is 0.450 e. The minimum Gasteiger partial charge on any atom is -0.450 e. The second-order valence-corrected chi connectivity index (χ2v) is 14.3. The van der Waals surface area contributed by atoms with Crippen molar-refractivity contribution >= 4 is 44.3 Å². The summed E-state index contributed by atoms with van der Waals surface area (Å²) in [6.07, 6.45) is 3.70. The number of nitrogens with one attached hydrogen (secondary N) is 1. The zero-order valence-electron chi connectivity index (χ0n) is 24.7. The van der Waals surface area contributed by atoms with Gasteiger partial charge in [-0.3, -0.25) is 9.59 Å². The van der Waals surface area contributed by atoms with Crippen molar-refractivity contribution in [2.24, 2.45) is 0 Å². The predicted octanol–water partition coefficient (Wildman–Crippen LogP) is 4.89. The first-order chi connectivity index (χ1) is 21.3. The molecule has 0 aliphatic carbocycles. The molecule has 10 nitrogen and oxygen atoms in total. The van der Waals surface area contributed by atoms with Gasteiger partial charge >= 0.3 is 6.09 Å². The number of hydrogen-bond acceptors (Lipinski definition) is 7. The zero-order valence-corrected chi connectivity index (χ0v) is 26.3. The van der Waals surface area contributed by atoms with Gasteiger partial charge in [0.1, 0.15) is 5.00 Å². The Kier molecular flexibility index (Phi) is 8.75. The lowest BCUT2D eigenvalue weighted by molar-refractivity contribution is 0.0724. The molecule has 2 aromatic carbocycles. The molecule has 4 heterocycles. The maximum Gasteiger partial charge on any atom is 0.410 e. The van der Waals surface area contributed by atoms with Crippen LogP contribution in [0.15, 0.2) is 53.4 Å². The lowest BCUT2D eigenvalue weighted by Crippen LogP contribution is -2.38. The number of carbonyl (C=O) groups excluding carboxylic acids is 3. The Balaban J connectivity index is 1.22. The average Bonchev–Trinajstić information content (AvgIpc) is 3.41. The Hall–Kier alpha value is -3.74. The lowest BCUT2D eigenvalue weighted by atomic mass is 10.0. The van der Waals surface area contributed by atoms with Crippen LogP contribution in [-0.4, -0.2) is 73.2 Å². The van der Waals surface area contributed by atoms with Gasteiger partial charge in [-0.05, 0) is 80.0 Å². The number of hydrogen-bond donors (Lipinski definition) is 1. The van der Waals surface area contributed by atoms with Gasteiger partial charge in [-0.2, -0.15) is 4.31 Å². The van der Waals surface area contributed by atoms with Crippen molar-refractivity contribution in [2.75, 3.05) is 38.1 Å². The van der Waals surface area contributed by atoms with E-state index in [-0.39, 0.29) is 23.0 Å². The summed E-state index contributed by atoms with van der Waals surface area (Å²) in [5.41, 5.74) is 3.80. The second-order valence-electron chi connectivity index (χ2n) is 11.3. The molecule has 1 aromatic heterocycles. The summed E-state index contributed by atoms with van der Waals surface area (Å²) in [6.45, 7) is 4.82. The van der Waals surface area contributed by atoms with Crippen molar-refractivity contribution in [3.8, 4) is 0 Å². The first kappa shape index (κ1) is 30.3. The number of nitrogens with zero attached hydrogens (tertiary/aromatic N) is 3. The Labute approximate surface area is 261 Å². The van der Waals surface area contributed by atoms with E-state index in [2.05, 4.69) is 5.32 Å². The van der Waals surface area contributed by atoms with E-state index in [1.54, 1.807) is 11.8 Å². The number of anilines is 1. The topological polar surface area (TPSA) is 116 Å². The van der Waals surface area contributed by atoms with Crippen LogP contribution in [0.4, 0.5) is 9.80 Å². The van der Waals surface area contributed by atoms with E-state index in [4.69, 9.17) is 4.74 Å². The van der Waals surface area contributed by atoms with Crippen LogP contribution < -0.4 is 5.32 Å². The Morgan fingerprint density at radius 3 is 2.32 bits per heavy atom. The van der Waals surface area contributed by atoms with Crippen molar-refractivity contribution in [3.05, 3.63) is 81.2 Å². The number of piperidine rings is 1. The molecule has 1 fully saturated rings. The lowest BCUT2D eigenvalue weighted by Gasteiger charge is -2.29. The second kappa shape index (κ2) is 12.7. The Bertz CT molecular complexity index is 1680. The summed E-state index contributed by atoms with van der Waals surface area (Å²) in [6, 6.07) is 13.8. The summed E-state index contributed by atoms with van der Waals surface area (Å²) in [5, 5.41) is 3.39. The van der Waals surface area contributed by atoms with Crippen LogP contribution in [0.3, 0.4) is 0 Å². The van der Waals surface area contributed by atoms with E-state index in [1.807, 2.05) is 29.2 Å². The number of rotatable bonds is 6. The standard InChI is InChI=1S/C32H36N4O6S2/c1-2-42-32(39)35-18-15-26-27(21-35)43-30(28(26)31(38)34-16-6-3-7-17-34)33-29(37)23-10-12-25(13-11-23)44(40,41)36-19-14-22-8-4-5-9-24(22)20-36/h4-5,8-13H,2-3,6-7,14-21H2,1H3,(H,33,37). The quantitative estimate of drug-likeness (QED) is 0.412. The molecule has 232 valence electrons. The molecular weight excluding hydrogens is 601 g/mol. The maximum atomic E-state index is 13.8. The third-order valence-corrected chi connectivity index (χ3v) is 11.5. The van der Waals surface area contributed by atoms with Crippen LogP contribution in [-0.2, 0) is 40.7 Å². The molecule has 6 rings (SSSR count). The zero-order chi connectivity index (χ0) is 30.8. The van der Waals surface area contributed by atoms with E-state index < -0.39 is 22.0 Å². The van der Waals surface area contributed by atoms with Gasteiger partial charge in [0, 0.05) is 43.2 Å². The van der Waals surface area contributed by atoms with Crippen LogP contribution in [0.1, 0.15) is 68.5 Å². The number of thiophene rings is 1. The molecule has 0 unspecified atom stereocenters. The summed E-state index contributed by atoms with van der Waals surface area (Å²) in [7, 11) is -3.74. The fourth-order valence-electron chi connectivity index (χ4n) is 6.12. The molecule has 3 aliphatic rings. The van der Waals surface area contributed by atoms with Crippen molar-refractivity contribution in [1.29, 1.82) is 0 Å². The Morgan fingerprint density at radius 2 is 1.59 bits per heavy atom. The number of ether oxygens (including phenoxy) is 1. The summed E-state index contributed by atoms with van der Waals surface area (Å²) in [4.78, 5) is 44.1. The molecule has 3 amide bonds. The average molecular weight is 637 g/mol. The summed E-state index contributed by atoms with van der Waals surface area (Å²) < 4.78 is 33.5. The van der Waals surface area contributed by atoms with E-state index >= 15 is 0 Å². The molecule has 0 atom stereocenters. The van der Waals surface area contributed by atoms with Crippen molar-refractivity contribution in [3.63, 3.8) is 0 Å². The van der Waals surface area contributed by atoms with Gasteiger partial charge < -0.3 is 19.9 Å². The maximum absolute atomic E-state index is 13.8. The monoisotopic (exact) mass is 636 g/mol. The highest BCUT2D eigenvalue weighted by atomic mass is 32.2. The summed E-state index contributed by atoms with van der Waals surface area (Å²) in [5.74, 6) is -0.541. The number of fused-ring (bicyclic) bond motifs is 2. The van der Waals surface area contributed by atoms with Gasteiger partial charge in [-0.1, -0.05) is 24.3 Å².